The molecule has 2 aromatic carbocycles. The molecule has 1 aliphatic heterocycles. The first-order valence-electron chi connectivity index (χ1n) is 8.73. The molecule has 0 radical (unpaired) electrons. The minimum absolute atomic E-state index is 0.135. The molecular formula is C21H16N2O3S. The molecule has 27 heavy (non-hydrogen) atoms. The highest BCUT2D eigenvalue weighted by molar-refractivity contribution is 7.21. The van der Waals surface area contributed by atoms with Crippen molar-refractivity contribution in [1.82, 2.24) is 10.3 Å². The van der Waals surface area contributed by atoms with Crippen molar-refractivity contribution in [1.29, 1.82) is 0 Å². The molecule has 5 rings (SSSR count). The van der Waals surface area contributed by atoms with E-state index in [1.165, 1.54) is 0 Å². The first-order valence-corrected chi connectivity index (χ1v) is 9.55. The fraction of sp³-hybridized carbons (Fsp3) is 0.143. The van der Waals surface area contributed by atoms with Crippen LogP contribution in [0.25, 0.3) is 21.0 Å². The Morgan fingerprint density at radius 2 is 1.96 bits per heavy atom. The number of hydrogen-bond acceptors (Lipinski definition) is 5. The second kappa shape index (κ2) is 6.55. The number of carbonyl (C=O) groups is 1. The van der Waals surface area contributed by atoms with Crippen molar-refractivity contribution in [3.63, 3.8) is 0 Å². The molecule has 2 aromatic heterocycles. The van der Waals surface area contributed by atoms with Crippen LogP contribution in [0, 0.1) is 0 Å². The Morgan fingerprint density at radius 1 is 1.11 bits per heavy atom. The zero-order valence-electron chi connectivity index (χ0n) is 14.3. The van der Waals surface area contributed by atoms with Gasteiger partial charge in [0.15, 0.2) is 16.9 Å². The normalized spacial score (nSPS) is 15.5. The van der Waals surface area contributed by atoms with Crippen LogP contribution in [0.4, 0.5) is 0 Å². The molecule has 0 aliphatic carbocycles. The lowest BCUT2D eigenvalue weighted by Crippen LogP contribution is -2.36. The number of thiazole rings is 1. The van der Waals surface area contributed by atoms with Gasteiger partial charge in [0.1, 0.15) is 11.5 Å². The number of hydrogen-bond donors (Lipinski definition) is 1. The van der Waals surface area contributed by atoms with Gasteiger partial charge in [-0.25, -0.2) is 4.98 Å². The minimum Gasteiger partial charge on any atom is -0.480 e. The van der Waals surface area contributed by atoms with Crippen LogP contribution in [0.3, 0.4) is 0 Å². The topological polar surface area (TPSA) is 64.4 Å². The molecule has 1 amide bonds. The largest absolute Gasteiger partial charge is 0.480 e. The van der Waals surface area contributed by atoms with Crippen molar-refractivity contribution in [2.45, 2.75) is 19.1 Å². The van der Waals surface area contributed by atoms with Gasteiger partial charge in [-0.15, -0.1) is 11.3 Å². The zero-order chi connectivity index (χ0) is 18.2. The molecule has 1 atom stereocenters. The zero-order valence-corrected chi connectivity index (χ0v) is 15.2. The first kappa shape index (κ1) is 16.1. The maximum absolute atomic E-state index is 12.4. The van der Waals surface area contributed by atoms with E-state index >= 15 is 0 Å². The molecule has 134 valence electrons. The van der Waals surface area contributed by atoms with Crippen molar-refractivity contribution < 1.29 is 13.9 Å². The summed E-state index contributed by atoms with van der Waals surface area (Å²) in [7, 11) is 0. The summed E-state index contributed by atoms with van der Waals surface area (Å²) >= 11 is 1.59. The molecule has 4 aromatic rings. The number of furan rings is 1. The summed E-state index contributed by atoms with van der Waals surface area (Å²) in [4.78, 5) is 17.0. The third kappa shape index (κ3) is 3.08. The van der Waals surface area contributed by atoms with Gasteiger partial charge in [0.2, 0.25) is 0 Å². The molecule has 0 fully saturated rings. The minimum atomic E-state index is -0.485. The summed E-state index contributed by atoms with van der Waals surface area (Å²) in [6, 6.07) is 19.5. The maximum Gasteiger partial charge on any atom is 0.261 e. The summed E-state index contributed by atoms with van der Waals surface area (Å²) in [5.74, 6) is 2.05. The molecule has 0 saturated heterocycles. The Balaban J connectivity index is 1.24. The number of carbonyl (C=O) groups excluding carboxylic acids is 1. The highest BCUT2D eigenvalue weighted by Gasteiger charge is 2.28. The predicted molar refractivity (Wildman–Crippen MR) is 104 cm³/mol. The van der Waals surface area contributed by atoms with E-state index in [0.29, 0.717) is 24.5 Å². The molecule has 6 heteroatoms. The first-order chi connectivity index (χ1) is 13.3. The van der Waals surface area contributed by atoms with Crippen LogP contribution in [0.2, 0.25) is 0 Å². The number of nitrogens with zero attached hydrogens (tertiary/aromatic N) is 1. The van der Waals surface area contributed by atoms with Crippen LogP contribution in [0.1, 0.15) is 11.3 Å². The lowest BCUT2D eigenvalue weighted by molar-refractivity contribution is -0.127. The number of aromatic nitrogens is 1. The number of nitrogens with one attached hydrogen (secondary N) is 1. The standard InChI is InChI=1S/C21H16N2O3S/c24-20(18-11-13-5-1-3-7-16(13)26-18)22-12-14-9-10-17(25-14)21-23-15-6-2-4-8-19(15)27-21/h1-10,18H,11-12H2,(H,22,24)/t18-/m0/s1. The van der Waals surface area contributed by atoms with E-state index in [-0.39, 0.29) is 5.91 Å². The Labute approximate surface area is 159 Å². The van der Waals surface area contributed by atoms with Crippen LogP contribution in [0.5, 0.6) is 5.75 Å². The van der Waals surface area contributed by atoms with E-state index in [2.05, 4.69) is 10.3 Å². The predicted octanol–water partition coefficient (Wildman–Crippen LogP) is 4.18. The monoisotopic (exact) mass is 376 g/mol. The van der Waals surface area contributed by atoms with Gasteiger partial charge in [-0.2, -0.15) is 0 Å². The van der Waals surface area contributed by atoms with Crippen molar-refractivity contribution >= 4 is 27.5 Å². The van der Waals surface area contributed by atoms with Crippen LogP contribution in [-0.4, -0.2) is 17.0 Å². The van der Waals surface area contributed by atoms with Crippen molar-refractivity contribution in [2.24, 2.45) is 0 Å². The van der Waals surface area contributed by atoms with E-state index in [1.807, 2.05) is 60.7 Å². The Hall–Kier alpha value is -3.12. The average Bonchev–Trinajstić information content (AvgIpc) is 3.42. The molecule has 3 heterocycles. The molecule has 0 spiro atoms. The number of rotatable bonds is 4. The molecule has 0 unspecified atom stereocenters. The van der Waals surface area contributed by atoms with Gasteiger partial charge in [-0.05, 0) is 35.9 Å². The number of benzene rings is 2. The van der Waals surface area contributed by atoms with E-state index in [9.17, 15) is 4.79 Å². The van der Waals surface area contributed by atoms with Crippen LogP contribution in [-0.2, 0) is 17.8 Å². The van der Waals surface area contributed by atoms with Crippen molar-refractivity contribution in [2.75, 3.05) is 0 Å². The SMILES string of the molecule is O=C(NCc1ccc(-c2nc3ccccc3s2)o1)[C@@H]1Cc2ccccc2O1. The second-order valence-corrected chi connectivity index (χ2v) is 7.42. The highest BCUT2D eigenvalue weighted by Crippen LogP contribution is 2.31. The lowest BCUT2D eigenvalue weighted by atomic mass is 10.1. The van der Waals surface area contributed by atoms with E-state index in [4.69, 9.17) is 9.15 Å². The Morgan fingerprint density at radius 3 is 2.85 bits per heavy atom. The second-order valence-electron chi connectivity index (χ2n) is 6.39. The smallest absolute Gasteiger partial charge is 0.261 e. The summed E-state index contributed by atoms with van der Waals surface area (Å²) in [6.07, 6.45) is 0.109. The van der Waals surface area contributed by atoms with Gasteiger partial charge >= 0.3 is 0 Å². The molecule has 1 N–H and O–H groups in total. The van der Waals surface area contributed by atoms with Gasteiger partial charge < -0.3 is 14.5 Å². The van der Waals surface area contributed by atoms with Gasteiger partial charge in [0, 0.05) is 6.42 Å². The van der Waals surface area contributed by atoms with Crippen LogP contribution < -0.4 is 10.1 Å². The quantitative estimate of drug-likeness (QED) is 0.580. The third-order valence-electron chi connectivity index (χ3n) is 4.54. The number of fused-ring (bicyclic) bond motifs is 2. The van der Waals surface area contributed by atoms with Gasteiger partial charge in [0.05, 0.1) is 16.8 Å². The maximum atomic E-state index is 12.4. The molecule has 1 aliphatic rings. The van der Waals surface area contributed by atoms with E-state index < -0.39 is 6.10 Å². The van der Waals surface area contributed by atoms with Gasteiger partial charge in [-0.3, -0.25) is 4.79 Å². The third-order valence-corrected chi connectivity index (χ3v) is 5.59. The summed E-state index contributed by atoms with van der Waals surface area (Å²) < 4.78 is 12.7. The summed E-state index contributed by atoms with van der Waals surface area (Å²) in [6.45, 7) is 0.319. The highest BCUT2D eigenvalue weighted by atomic mass is 32.1. The van der Waals surface area contributed by atoms with E-state index in [0.717, 1.165) is 26.5 Å². The number of amides is 1. The van der Waals surface area contributed by atoms with Gasteiger partial charge in [0.25, 0.3) is 5.91 Å². The lowest BCUT2D eigenvalue weighted by Gasteiger charge is -2.10. The van der Waals surface area contributed by atoms with Crippen LogP contribution >= 0.6 is 11.3 Å². The Bertz CT molecular complexity index is 1070. The number of para-hydroxylation sites is 2. The molecular weight excluding hydrogens is 360 g/mol. The number of ether oxygens (including phenoxy) is 1. The summed E-state index contributed by atoms with van der Waals surface area (Å²) in [5.41, 5.74) is 2.02. The summed E-state index contributed by atoms with van der Waals surface area (Å²) in [5, 5.41) is 3.73. The average molecular weight is 376 g/mol. The fourth-order valence-corrected chi connectivity index (χ4v) is 4.11. The van der Waals surface area contributed by atoms with E-state index in [1.54, 1.807) is 11.3 Å². The van der Waals surface area contributed by atoms with Crippen molar-refractivity contribution in [3.8, 4) is 16.5 Å². The Kier molecular flexibility index (Phi) is 3.90. The van der Waals surface area contributed by atoms with Gasteiger partial charge in [-0.1, -0.05) is 30.3 Å². The fourth-order valence-electron chi connectivity index (χ4n) is 3.18. The molecule has 0 bridgehead atoms. The van der Waals surface area contributed by atoms with Crippen molar-refractivity contribution in [3.05, 3.63) is 72.0 Å². The molecule has 5 nitrogen and oxygen atoms in total. The van der Waals surface area contributed by atoms with Crippen LogP contribution in [0.15, 0.2) is 65.1 Å². The molecule has 0 saturated carbocycles.